The van der Waals surface area contributed by atoms with E-state index in [4.69, 9.17) is 44.8 Å². The number of nitrogens with zero attached hydrogens (tertiary/aromatic N) is 1. The van der Waals surface area contributed by atoms with Crippen LogP contribution in [0.4, 0.5) is 5.69 Å². The number of anilines is 1. The average Bonchev–Trinajstić information content (AvgIpc) is 3.49. The summed E-state index contributed by atoms with van der Waals surface area (Å²) in [5.74, 6) is 0.0328. The number of furan rings is 1. The van der Waals surface area contributed by atoms with E-state index in [2.05, 4.69) is 33.2 Å². The molecule has 0 aliphatic carbocycles. The smallest absolute Gasteiger partial charge is 0.293 e. The predicted octanol–water partition coefficient (Wildman–Crippen LogP) is 8.26. The molecule has 0 aliphatic heterocycles. The Morgan fingerprint density at radius 3 is 2.66 bits per heavy atom. The molecule has 1 amide bonds. The number of rotatable bonds is 4. The number of carbonyl (C=O) groups excluding carboxylic acids is 1. The minimum Gasteiger partial charge on any atom is -0.451 e. The molecule has 5 rings (SSSR count). The second kappa shape index (κ2) is 10.2. The molecule has 2 N–H and O–H groups in total. The minimum atomic E-state index is -0.487. The molecule has 10 heteroatoms. The zero-order valence-electron chi connectivity index (χ0n) is 17.6. The number of hydrogen-bond acceptors (Lipinski definition) is 5. The van der Waals surface area contributed by atoms with Gasteiger partial charge in [-0.05, 0) is 89.4 Å². The standard InChI is InChI=1S/C25H14Cl2IN3O2S2/c26-16-5-3-4-14(22(16)27)19-10-11-20(33-19)23(32)31-25(34)30-17-9-8-13(28)12-15(17)24-29-18-6-1-2-7-21(18)35-24/h1-12H,(H2,30,31,32,34). The van der Waals surface area contributed by atoms with Crippen molar-refractivity contribution in [1.29, 1.82) is 0 Å². The van der Waals surface area contributed by atoms with Crippen LogP contribution in [0.25, 0.3) is 32.1 Å². The molecular weight excluding hydrogens is 636 g/mol. The van der Waals surface area contributed by atoms with Gasteiger partial charge in [0.15, 0.2) is 10.9 Å². The Morgan fingerprint density at radius 2 is 1.83 bits per heavy atom. The Balaban J connectivity index is 1.34. The highest BCUT2D eigenvalue weighted by atomic mass is 127. The molecule has 0 bridgehead atoms. The molecule has 0 unspecified atom stereocenters. The Bertz CT molecular complexity index is 1570. The summed E-state index contributed by atoms with van der Waals surface area (Å²) in [5, 5.41) is 7.53. The molecule has 2 aromatic heterocycles. The van der Waals surface area contributed by atoms with Crippen LogP contribution in [0, 0.1) is 3.57 Å². The first-order valence-electron chi connectivity index (χ1n) is 10.2. The molecule has 35 heavy (non-hydrogen) atoms. The Morgan fingerprint density at radius 1 is 1.00 bits per heavy atom. The molecule has 0 aliphatic rings. The van der Waals surface area contributed by atoms with E-state index in [0.29, 0.717) is 21.4 Å². The number of carbonyl (C=O) groups is 1. The zero-order valence-corrected chi connectivity index (χ0v) is 22.9. The Hall–Kier alpha value is -2.50. The van der Waals surface area contributed by atoms with Crippen LogP contribution in [0.3, 0.4) is 0 Å². The molecule has 5 aromatic rings. The van der Waals surface area contributed by atoms with E-state index in [1.54, 1.807) is 41.7 Å². The third-order valence-corrected chi connectivity index (χ3v) is 7.79. The van der Waals surface area contributed by atoms with Gasteiger partial charge in [-0.25, -0.2) is 4.98 Å². The topological polar surface area (TPSA) is 67.2 Å². The first-order chi connectivity index (χ1) is 16.9. The summed E-state index contributed by atoms with van der Waals surface area (Å²) >= 11 is 21.6. The average molecular weight is 650 g/mol. The molecule has 0 atom stereocenters. The highest BCUT2D eigenvalue weighted by Crippen LogP contribution is 2.36. The van der Waals surface area contributed by atoms with E-state index in [0.717, 1.165) is 30.0 Å². The van der Waals surface area contributed by atoms with E-state index in [1.165, 1.54) is 0 Å². The van der Waals surface area contributed by atoms with Crippen LogP contribution >= 0.6 is 69.3 Å². The molecule has 2 heterocycles. The van der Waals surface area contributed by atoms with Crippen LogP contribution in [0.2, 0.25) is 10.0 Å². The fourth-order valence-corrected chi connectivity index (χ4v) is 5.49. The number of hydrogen-bond donors (Lipinski definition) is 2. The molecule has 0 spiro atoms. The number of halogens is 3. The molecule has 0 radical (unpaired) electrons. The normalized spacial score (nSPS) is 10.9. The van der Waals surface area contributed by atoms with Crippen molar-refractivity contribution in [3.63, 3.8) is 0 Å². The maximum atomic E-state index is 12.8. The van der Waals surface area contributed by atoms with Gasteiger partial charge in [0.2, 0.25) is 0 Å². The molecule has 0 saturated carbocycles. The van der Waals surface area contributed by atoms with Crippen LogP contribution in [0.1, 0.15) is 10.6 Å². The highest BCUT2D eigenvalue weighted by molar-refractivity contribution is 14.1. The molecule has 5 nitrogen and oxygen atoms in total. The van der Waals surface area contributed by atoms with Gasteiger partial charge in [-0.3, -0.25) is 10.1 Å². The van der Waals surface area contributed by atoms with Crippen molar-refractivity contribution in [2.75, 3.05) is 5.32 Å². The number of benzene rings is 3. The van der Waals surface area contributed by atoms with Crippen molar-refractivity contribution >= 4 is 96.3 Å². The van der Waals surface area contributed by atoms with Crippen LogP contribution in [-0.2, 0) is 0 Å². The van der Waals surface area contributed by atoms with Gasteiger partial charge in [0.1, 0.15) is 10.8 Å². The number of thiocarbonyl (C=S) groups is 1. The lowest BCUT2D eigenvalue weighted by Crippen LogP contribution is -2.34. The van der Waals surface area contributed by atoms with Crippen molar-refractivity contribution in [2.45, 2.75) is 0 Å². The van der Waals surface area contributed by atoms with Gasteiger partial charge in [-0.15, -0.1) is 11.3 Å². The van der Waals surface area contributed by atoms with Crippen LogP contribution < -0.4 is 10.6 Å². The second-order valence-electron chi connectivity index (χ2n) is 7.35. The minimum absolute atomic E-state index is 0.0919. The first kappa shape index (κ1) is 24.2. The Kier molecular flexibility index (Phi) is 7.08. The van der Waals surface area contributed by atoms with Gasteiger partial charge in [0, 0.05) is 14.7 Å². The van der Waals surface area contributed by atoms with E-state index in [9.17, 15) is 4.79 Å². The molecule has 0 fully saturated rings. The first-order valence-corrected chi connectivity index (χ1v) is 13.3. The van der Waals surface area contributed by atoms with Crippen molar-refractivity contribution in [2.24, 2.45) is 0 Å². The van der Waals surface area contributed by atoms with Gasteiger partial charge in [0.05, 0.1) is 25.9 Å². The number of aromatic nitrogens is 1. The summed E-state index contributed by atoms with van der Waals surface area (Å²) < 4.78 is 7.86. The quantitative estimate of drug-likeness (QED) is 0.152. The number of thiazole rings is 1. The summed E-state index contributed by atoms with van der Waals surface area (Å²) in [6.45, 7) is 0. The molecule has 0 saturated heterocycles. The van der Waals surface area contributed by atoms with Crippen LogP contribution in [-0.4, -0.2) is 16.0 Å². The largest absolute Gasteiger partial charge is 0.451 e. The summed E-state index contributed by atoms with van der Waals surface area (Å²) in [7, 11) is 0. The van der Waals surface area contributed by atoms with Crippen molar-refractivity contribution < 1.29 is 9.21 Å². The second-order valence-corrected chi connectivity index (χ2v) is 10.8. The highest BCUT2D eigenvalue weighted by Gasteiger charge is 2.17. The number of fused-ring (bicyclic) bond motifs is 1. The van der Waals surface area contributed by atoms with Crippen molar-refractivity contribution in [3.05, 3.63) is 92.2 Å². The zero-order chi connectivity index (χ0) is 24.5. The maximum absolute atomic E-state index is 12.8. The van der Waals surface area contributed by atoms with Gasteiger partial charge < -0.3 is 9.73 Å². The summed E-state index contributed by atoms with van der Waals surface area (Å²) in [6.07, 6.45) is 0. The molecule has 174 valence electrons. The molecular formula is C25H14Cl2IN3O2S2. The van der Waals surface area contributed by atoms with E-state index in [1.807, 2.05) is 42.5 Å². The van der Waals surface area contributed by atoms with Crippen LogP contribution in [0.5, 0.6) is 0 Å². The number of nitrogens with one attached hydrogen (secondary N) is 2. The van der Waals surface area contributed by atoms with E-state index >= 15 is 0 Å². The Labute approximate surface area is 233 Å². The van der Waals surface area contributed by atoms with Gasteiger partial charge in [-0.1, -0.05) is 41.4 Å². The van der Waals surface area contributed by atoms with E-state index in [-0.39, 0.29) is 10.9 Å². The maximum Gasteiger partial charge on any atom is 0.293 e. The van der Waals surface area contributed by atoms with Gasteiger partial charge in [0.25, 0.3) is 5.91 Å². The lowest BCUT2D eigenvalue weighted by Gasteiger charge is -2.12. The van der Waals surface area contributed by atoms with Gasteiger partial charge >= 0.3 is 0 Å². The van der Waals surface area contributed by atoms with Crippen molar-refractivity contribution in [1.82, 2.24) is 10.3 Å². The summed E-state index contributed by atoms with van der Waals surface area (Å²) in [6, 6.07) is 22.3. The van der Waals surface area contributed by atoms with Gasteiger partial charge in [-0.2, -0.15) is 0 Å². The monoisotopic (exact) mass is 649 g/mol. The van der Waals surface area contributed by atoms with Crippen LogP contribution in [0.15, 0.2) is 77.2 Å². The summed E-state index contributed by atoms with van der Waals surface area (Å²) in [4.78, 5) is 17.5. The fraction of sp³-hybridized carbons (Fsp3) is 0. The fourth-order valence-electron chi connectivity index (χ4n) is 3.41. The number of para-hydroxylation sites is 1. The number of amides is 1. The third-order valence-electron chi connectivity index (χ3n) is 5.03. The SMILES string of the molecule is O=C(NC(=S)Nc1ccc(I)cc1-c1nc2ccccc2s1)c1ccc(-c2cccc(Cl)c2Cl)o1. The lowest BCUT2D eigenvalue weighted by molar-refractivity contribution is 0.0951. The third kappa shape index (κ3) is 5.22. The summed E-state index contributed by atoms with van der Waals surface area (Å²) in [5.41, 5.74) is 3.16. The van der Waals surface area contributed by atoms with Crippen molar-refractivity contribution in [3.8, 4) is 21.9 Å². The lowest BCUT2D eigenvalue weighted by atomic mass is 10.2. The van der Waals surface area contributed by atoms with E-state index < -0.39 is 5.91 Å². The molecule has 3 aromatic carbocycles. The predicted molar refractivity (Wildman–Crippen MR) is 156 cm³/mol.